The zero-order chi connectivity index (χ0) is 16.6. The Bertz CT molecular complexity index is 865. The summed E-state index contributed by atoms with van der Waals surface area (Å²) in [6.07, 6.45) is 4.37. The van der Waals surface area contributed by atoms with E-state index in [9.17, 15) is 15.0 Å². The van der Waals surface area contributed by atoms with Crippen LogP contribution in [0.5, 0.6) is 17.2 Å². The van der Waals surface area contributed by atoms with Gasteiger partial charge in [-0.2, -0.15) is 0 Å². The first-order valence-corrected chi connectivity index (χ1v) is 7.29. The molecule has 0 saturated carbocycles. The van der Waals surface area contributed by atoms with Gasteiger partial charge in [-0.15, -0.1) is 0 Å². The normalized spacial score (nSPS) is 14.3. The van der Waals surface area contributed by atoms with Gasteiger partial charge in [0.25, 0.3) is 0 Å². The Morgan fingerprint density at radius 3 is 2.35 bits per heavy atom. The molecule has 0 bridgehead atoms. The van der Waals surface area contributed by atoms with Crippen molar-refractivity contribution in [3.05, 3.63) is 53.3 Å². The number of phenolic OH excluding ortho intramolecular Hbond substituents is 2. The van der Waals surface area contributed by atoms with E-state index in [2.05, 4.69) is 0 Å². The topological polar surface area (TPSA) is 92.8 Å². The molecule has 3 rings (SSSR count). The third-order valence-electron chi connectivity index (χ3n) is 3.99. The van der Waals surface area contributed by atoms with Crippen molar-refractivity contribution >= 4 is 16.7 Å². The largest absolute Gasteiger partial charge is 0.507 e. The maximum Gasteiger partial charge on any atom is 0.339 e. The average Bonchev–Trinajstić information content (AvgIpc) is 2.57. The first-order valence-electron chi connectivity index (χ1n) is 7.29. The number of hydrogen-bond acceptors (Lipinski definition) is 5. The van der Waals surface area contributed by atoms with Crippen molar-refractivity contribution in [1.82, 2.24) is 0 Å². The van der Waals surface area contributed by atoms with Gasteiger partial charge in [-0.3, -0.25) is 0 Å². The molecule has 0 saturated heterocycles. The van der Waals surface area contributed by atoms with Crippen LogP contribution in [0.2, 0.25) is 0 Å². The van der Waals surface area contributed by atoms with Crippen LogP contribution in [0.25, 0.3) is 10.8 Å². The highest BCUT2D eigenvalue weighted by Crippen LogP contribution is 2.44. The molecule has 0 spiro atoms. The quantitative estimate of drug-likeness (QED) is 0.450. The number of benzene rings is 2. The second-order valence-corrected chi connectivity index (χ2v) is 5.52. The minimum atomic E-state index is -0.554. The van der Waals surface area contributed by atoms with Gasteiger partial charge in [0.15, 0.2) is 11.5 Å². The molecule has 0 unspecified atom stereocenters. The highest BCUT2D eigenvalue weighted by atomic mass is 16.5. The van der Waals surface area contributed by atoms with E-state index in [0.29, 0.717) is 40.4 Å². The predicted octanol–water partition coefficient (Wildman–Crippen LogP) is 3.03. The summed E-state index contributed by atoms with van der Waals surface area (Å²) in [4.78, 5) is 12.3. The third kappa shape index (κ3) is 2.61. The predicted molar refractivity (Wildman–Crippen MR) is 87.2 cm³/mol. The Hall–Kier alpha value is -2.95. The molecule has 5 nitrogen and oxygen atoms in total. The van der Waals surface area contributed by atoms with E-state index in [1.54, 1.807) is 43.3 Å². The van der Waals surface area contributed by atoms with Crippen LogP contribution in [0.15, 0.2) is 47.7 Å². The number of phenols is 2. The maximum absolute atomic E-state index is 12.3. The van der Waals surface area contributed by atoms with Gasteiger partial charge in [0.1, 0.15) is 5.75 Å². The molecule has 0 radical (unpaired) electrons. The van der Waals surface area contributed by atoms with E-state index in [1.807, 2.05) is 0 Å². The number of nitrogens with two attached hydrogens (primary N) is 1. The number of fused-ring (bicyclic) bond motifs is 1. The smallest absolute Gasteiger partial charge is 0.339 e. The summed E-state index contributed by atoms with van der Waals surface area (Å²) in [5, 5.41) is 21.6. The van der Waals surface area contributed by atoms with Crippen molar-refractivity contribution in [1.29, 1.82) is 0 Å². The number of rotatable bonds is 2. The van der Waals surface area contributed by atoms with Crippen LogP contribution >= 0.6 is 0 Å². The molecule has 23 heavy (non-hydrogen) atoms. The fraction of sp³-hybridized carbons (Fsp3) is 0.167. The van der Waals surface area contributed by atoms with Crippen molar-refractivity contribution < 1.29 is 19.7 Å². The average molecular weight is 311 g/mol. The van der Waals surface area contributed by atoms with Crippen LogP contribution in [0.4, 0.5) is 0 Å². The van der Waals surface area contributed by atoms with Gasteiger partial charge < -0.3 is 20.7 Å². The highest BCUT2D eigenvalue weighted by molar-refractivity contribution is 5.98. The number of allylic oxidation sites excluding steroid dienone is 3. The molecule has 0 atom stereocenters. The number of carbonyl (C=O) groups excluding carboxylic acids is 1. The van der Waals surface area contributed by atoms with E-state index in [0.717, 1.165) is 0 Å². The molecule has 1 aliphatic rings. The number of carbonyl (C=O) groups is 1. The molecule has 0 heterocycles. The summed E-state index contributed by atoms with van der Waals surface area (Å²) >= 11 is 0. The van der Waals surface area contributed by atoms with Crippen molar-refractivity contribution in [2.24, 2.45) is 5.73 Å². The van der Waals surface area contributed by atoms with Gasteiger partial charge in [0.2, 0.25) is 0 Å². The van der Waals surface area contributed by atoms with Crippen LogP contribution in [0.3, 0.4) is 0 Å². The van der Waals surface area contributed by atoms with Crippen molar-refractivity contribution in [3.63, 3.8) is 0 Å². The summed E-state index contributed by atoms with van der Waals surface area (Å²) < 4.78 is 5.35. The van der Waals surface area contributed by atoms with Crippen molar-refractivity contribution in [2.75, 3.05) is 0 Å². The van der Waals surface area contributed by atoms with E-state index < -0.39 is 5.97 Å². The van der Waals surface area contributed by atoms with Gasteiger partial charge >= 0.3 is 5.97 Å². The summed E-state index contributed by atoms with van der Waals surface area (Å²) in [5.74, 6) is -0.741. The fourth-order valence-corrected chi connectivity index (χ4v) is 2.61. The molecule has 2 aromatic rings. The molecule has 5 heteroatoms. The van der Waals surface area contributed by atoms with E-state index in [-0.39, 0.29) is 17.2 Å². The number of hydrogen-bond donors (Lipinski definition) is 3. The second kappa shape index (κ2) is 5.68. The molecule has 4 N–H and O–H groups in total. The molecule has 0 amide bonds. The number of esters is 1. The monoisotopic (exact) mass is 311 g/mol. The Kier molecular flexibility index (Phi) is 3.70. The summed E-state index contributed by atoms with van der Waals surface area (Å²) in [6, 6.07) is 6.85. The molecular formula is C18H17NO4. The molecular weight excluding hydrogens is 294 g/mol. The lowest BCUT2D eigenvalue weighted by Gasteiger charge is -2.16. The van der Waals surface area contributed by atoms with Crippen LogP contribution in [-0.4, -0.2) is 16.2 Å². The van der Waals surface area contributed by atoms with Crippen molar-refractivity contribution in [2.45, 2.75) is 19.8 Å². The zero-order valence-electron chi connectivity index (χ0n) is 12.7. The standard InChI is InChI=1S/C18H17NO4/c1-10-15(20)13-4-2-3-5-14(13)16(21)17(10)23-18(22)11-6-8-12(19)9-7-11/h2-6,8,20-21H,7,9,19H2,1H3. The SMILES string of the molecule is Cc1c(OC(=O)C2=CC=C(N)CC2)c(O)c2ccccc2c1O. The third-order valence-corrected chi connectivity index (χ3v) is 3.99. The Morgan fingerprint density at radius 2 is 1.74 bits per heavy atom. The van der Waals surface area contributed by atoms with Gasteiger partial charge in [0.05, 0.1) is 0 Å². The number of ether oxygens (including phenoxy) is 1. The lowest BCUT2D eigenvalue weighted by molar-refractivity contribution is -0.130. The van der Waals surface area contributed by atoms with Gasteiger partial charge in [-0.05, 0) is 25.8 Å². The number of aromatic hydroxyl groups is 2. The van der Waals surface area contributed by atoms with Crippen molar-refractivity contribution in [3.8, 4) is 17.2 Å². The van der Waals surface area contributed by atoms with Crippen LogP contribution in [0, 0.1) is 6.92 Å². The Morgan fingerprint density at radius 1 is 1.09 bits per heavy atom. The van der Waals surface area contributed by atoms with Gasteiger partial charge in [-0.1, -0.05) is 30.3 Å². The van der Waals surface area contributed by atoms with E-state index in [1.165, 1.54) is 0 Å². The first-order chi connectivity index (χ1) is 11.0. The summed E-state index contributed by atoms with van der Waals surface area (Å²) in [6.45, 7) is 1.59. The molecule has 0 aromatic heterocycles. The molecule has 1 aliphatic carbocycles. The van der Waals surface area contributed by atoms with E-state index in [4.69, 9.17) is 10.5 Å². The fourth-order valence-electron chi connectivity index (χ4n) is 2.61. The summed E-state index contributed by atoms with van der Waals surface area (Å²) in [7, 11) is 0. The second-order valence-electron chi connectivity index (χ2n) is 5.52. The van der Waals surface area contributed by atoms with Crippen LogP contribution < -0.4 is 10.5 Å². The molecule has 118 valence electrons. The van der Waals surface area contributed by atoms with Crippen LogP contribution in [0.1, 0.15) is 18.4 Å². The summed E-state index contributed by atoms with van der Waals surface area (Å²) in [5.41, 5.74) is 7.18. The first kappa shape index (κ1) is 15.0. The molecule has 0 fully saturated rings. The zero-order valence-corrected chi connectivity index (χ0v) is 12.7. The Labute approximate surface area is 133 Å². The maximum atomic E-state index is 12.3. The lowest BCUT2D eigenvalue weighted by Crippen LogP contribution is -2.15. The Balaban J connectivity index is 2.02. The van der Waals surface area contributed by atoms with Gasteiger partial charge in [0, 0.05) is 27.6 Å². The van der Waals surface area contributed by atoms with Gasteiger partial charge in [-0.25, -0.2) is 4.79 Å². The molecule has 2 aromatic carbocycles. The van der Waals surface area contributed by atoms with Crippen LogP contribution in [-0.2, 0) is 4.79 Å². The minimum absolute atomic E-state index is 0.0111. The minimum Gasteiger partial charge on any atom is -0.507 e. The lowest BCUT2D eigenvalue weighted by atomic mass is 10.0. The highest BCUT2D eigenvalue weighted by Gasteiger charge is 2.22. The van der Waals surface area contributed by atoms with E-state index >= 15 is 0 Å². The molecule has 0 aliphatic heterocycles.